The molecule has 0 spiro atoms. The van der Waals surface area contributed by atoms with Crippen molar-refractivity contribution in [3.05, 3.63) is 29.6 Å². The summed E-state index contributed by atoms with van der Waals surface area (Å²) in [6, 6.07) is 8.55. The Morgan fingerprint density at radius 1 is 1.09 bits per heavy atom. The van der Waals surface area contributed by atoms with Gasteiger partial charge in [-0.25, -0.2) is 13.1 Å². The summed E-state index contributed by atoms with van der Waals surface area (Å²) in [4.78, 5) is 0. The standard InChI is InChI=1S/C16H24N2O2S2/c1-13(2)22(19,20)18-10-5-3-4-9-17-15-6-7-16-14(12-15)8-11-21-16/h6-8,11-13,17-18H,3-5,9-10H2,1-2H3. The van der Waals surface area contributed by atoms with Gasteiger partial charge in [0.05, 0.1) is 5.25 Å². The van der Waals surface area contributed by atoms with Crippen LogP contribution < -0.4 is 10.0 Å². The van der Waals surface area contributed by atoms with Gasteiger partial charge in [-0.05, 0) is 61.7 Å². The number of thiophene rings is 1. The van der Waals surface area contributed by atoms with Crippen molar-refractivity contribution in [2.75, 3.05) is 18.4 Å². The van der Waals surface area contributed by atoms with E-state index in [-0.39, 0.29) is 5.25 Å². The molecule has 0 radical (unpaired) electrons. The summed E-state index contributed by atoms with van der Waals surface area (Å²) in [5.74, 6) is 0. The topological polar surface area (TPSA) is 58.2 Å². The molecule has 0 fully saturated rings. The first-order valence-corrected chi connectivity index (χ1v) is 10.1. The summed E-state index contributed by atoms with van der Waals surface area (Å²) in [6.45, 7) is 4.82. The first-order valence-electron chi connectivity index (χ1n) is 7.68. The Morgan fingerprint density at radius 2 is 1.86 bits per heavy atom. The SMILES string of the molecule is CC(C)S(=O)(=O)NCCCCCNc1ccc2sccc2c1. The molecule has 2 rings (SSSR count). The van der Waals surface area contributed by atoms with Crippen molar-refractivity contribution in [2.24, 2.45) is 0 Å². The normalized spacial score (nSPS) is 12.1. The van der Waals surface area contributed by atoms with Gasteiger partial charge in [0.15, 0.2) is 0 Å². The number of benzene rings is 1. The molecule has 22 heavy (non-hydrogen) atoms. The summed E-state index contributed by atoms with van der Waals surface area (Å²) >= 11 is 1.75. The predicted octanol–water partition coefficient (Wildman–Crippen LogP) is 3.81. The van der Waals surface area contributed by atoms with Crippen LogP contribution >= 0.6 is 11.3 Å². The second-order valence-electron chi connectivity index (χ2n) is 5.65. The fourth-order valence-electron chi connectivity index (χ4n) is 2.12. The zero-order valence-electron chi connectivity index (χ0n) is 13.1. The molecule has 0 saturated carbocycles. The van der Waals surface area contributed by atoms with Crippen molar-refractivity contribution >= 4 is 37.1 Å². The lowest BCUT2D eigenvalue weighted by Crippen LogP contribution is -2.31. The molecule has 0 bridgehead atoms. The summed E-state index contributed by atoms with van der Waals surface area (Å²) in [7, 11) is -3.11. The third-order valence-corrected chi connectivity index (χ3v) is 6.30. The van der Waals surface area contributed by atoms with Crippen LogP contribution in [0.15, 0.2) is 29.6 Å². The fourth-order valence-corrected chi connectivity index (χ4v) is 3.65. The summed E-state index contributed by atoms with van der Waals surface area (Å²) in [5.41, 5.74) is 1.14. The average Bonchev–Trinajstić information content (AvgIpc) is 2.93. The first kappa shape index (κ1) is 17.2. The largest absolute Gasteiger partial charge is 0.385 e. The van der Waals surface area contributed by atoms with Gasteiger partial charge in [0, 0.05) is 23.5 Å². The third-order valence-electron chi connectivity index (χ3n) is 3.56. The Morgan fingerprint density at radius 3 is 2.64 bits per heavy atom. The highest BCUT2D eigenvalue weighted by atomic mass is 32.2. The van der Waals surface area contributed by atoms with E-state index in [0.717, 1.165) is 31.5 Å². The van der Waals surface area contributed by atoms with Crippen molar-refractivity contribution in [1.82, 2.24) is 4.72 Å². The lowest BCUT2D eigenvalue weighted by Gasteiger charge is -2.09. The van der Waals surface area contributed by atoms with E-state index in [0.29, 0.717) is 6.54 Å². The van der Waals surface area contributed by atoms with Crippen LogP contribution in [0.3, 0.4) is 0 Å². The van der Waals surface area contributed by atoms with E-state index in [2.05, 4.69) is 39.7 Å². The number of anilines is 1. The van der Waals surface area contributed by atoms with Crippen LogP contribution in [0.2, 0.25) is 0 Å². The van der Waals surface area contributed by atoms with Crippen LogP contribution in [-0.2, 0) is 10.0 Å². The lowest BCUT2D eigenvalue weighted by molar-refractivity contribution is 0.566. The number of rotatable bonds is 9. The molecule has 1 aromatic heterocycles. The minimum atomic E-state index is -3.11. The lowest BCUT2D eigenvalue weighted by atomic mass is 10.2. The molecule has 1 aromatic carbocycles. The zero-order valence-corrected chi connectivity index (χ0v) is 14.8. The number of unbranched alkanes of at least 4 members (excludes halogenated alkanes) is 2. The molecule has 122 valence electrons. The summed E-state index contributed by atoms with van der Waals surface area (Å²) in [6.07, 6.45) is 2.91. The Balaban J connectivity index is 1.61. The molecule has 0 atom stereocenters. The number of hydrogen-bond donors (Lipinski definition) is 2. The first-order chi connectivity index (χ1) is 10.5. The zero-order chi connectivity index (χ0) is 16.0. The van der Waals surface area contributed by atoms with Gasteiger partial charge in [0.2, 0.25) is 10.0 Å². The minimum absolute atomic E-state index is 0.360. The van der Waals surface area contributed by atoms with Crippen LogP contribution in [0.5, 0.6) is 0 Å². The molecule has 0 saturated heterocycles. The Kier molecular flexibility index (Phi) is 6.23. The van der Waals surface area contributed by atoms with Gasteiger partial charge in [-0.15, -0.1) is 11.3 Å². The smallest absolute Gasteiger partial charge is 0.213 e. The number of sulfonamides is 1. The second kappa shape index (κ2) is 7.94. The molecule has 0 aliphatic heterocycles. The van der Waals surface area contributed by atoms with Crippen LogP contribution in [-0.4, -0.2) is 26.8 Å². The van der Waals surface area contributed by atoms with E-state index in [1.165, 1.54) is 10.1 Å². The Hall–Kier alpha value is -1.11. The maximum Gasteiger partial charge on any atom is 0.213 e. The molecule has 4 nitrogen and oxygen atoms in total. The highest BCUT2D eigenvalue weighted by Crippen LogP contribution is 2.23. The molecular formula is C16H24N2O2S2. The van der Waals surface area contributed by atoms with Crippen molar-refractivity contribution in [2.45, 2.75) is 38.4 Å². The number of fused-ring (bicyclic) bond motifs is 1. The maximum absolute atomic E-state index is 11.6. The van der Waals surface area contributed by atoms with Crippen LogP contribution in [0.25, 0.3) is 10.1 Å². The van der Waals surface area contributed by atoms with Gasteiger partial charge < -0.3 is 5.32 Å². The average molecular weight is 341 g/mol. The highest BCUT2D eigenvalue weighted by Gasteiger charge is 2.13. The van der Waals surface area contributed by atoms with E-state index in [9.17, 15) is 8.42 Å². The van der Waals surface area contributed by atoms with Gasteiger partial charge in [-0.1, -0.05) is 6.42 Å². The monoisotopic (exact) mass is 340 g/mol. The molecule has 1 heterocycles. The molecule has 0 amide bonds. The van der Waals surface area contributed by atoms with Gasteiger partial charge in [-0.3, -0.25) is 0 Å². The van der Waals surface area contributed by atoms with Gasteiger partial charge in [-0.2, -0.15) is 0 Å². The van der Waals surface area contributed by atoms with E-state index >= 15 is 0 Å². The Labute approximate surface area is 137 Å². The quantitative estimate of drug-likeness (QED) is 0.682. The van der Waals surface area contributed by atoms with Crippen molar-refractivity contribution < 1.29 is 8.42 Å². The van der Waals surface area contributed by atoms with Crippen molar-refractivity contribution in [3.8, 4) is 0 Å². The van der Waals surface area contributed by atoms with Crippen molar-refractivity contribution in [3.63, 3.8) is 0 Å². The highest BCUT2D eigenvalue weighted by molar-refractivity contribution is 7.90. The van der Waals surface area contributed by atoms with E-state index < -0.39 is 10.0 Å². The third kappa shape index (κ3) is 4.97. The van der Waals surface area contributed by atoms with E-state index in [1.807, 2.05) is 0 Å². The van der Waals surface area contributed by atoms with Gasteiger partial charge in [0.1, 0.15) is 0 Å². The van der Waals surface area contributed by atoms with Crippen molar-refractivity contribution in [1.29, 1.82) is 0 Å². The molecule has 0 unspecified atom stereocenters. The fraction of sp³-hybridized carbons (Fsp3) is 0.500. The summed E-state index contributed by atoms with van der Waals surface area (Å²) < 4.78 is 27.1. The molecule has 0 aliphatic rings. The van der Waals surface area contributed by atoms with Gasteiger partial charge >= 0.3 is 0 Å². The minimum Gasteiger partial charge on any atom is -0.385 e. The number of nitrogens with one attached hydrogen (secondary N) is 2. The Bertz CT molecular complexity index is 693. The number of hydrogen-bond acceptors (Lipinski definition) is 4. The maximum atomic E-state index is 11.6. The van der Waals surface area contributed by atoms with Crippen LogP contribution in [0.4, 0.5) is 5.69 Å². The molecule has 2 N–H and O–H groups in total. The van der Waals surface area contributed by atoms with E-state index in [4.69, 9.17) is 0 Å². The predicted molar refractivity (Wildman–Crippen MR) is 96.2 cm³/mol. The summed E-state index contributed by atoms with van der Waals surface area (Å²) in [5, 5.41) is 6.44. The second-order valence-corrected chi connectivity index (χ2v) is 8.92. The van der Waals surface area contributed by atoms with Gasteiger partial charge in [0.25, 0.3) is 0 Å². The van der Waals surface area contributed by atoms with Crippen LogP contribution in [0.1, 0.15) is 33.1 Å². The van der Waals surface area contributed by atoms with E-state index in [1.54, 1.807) is 25.2 Å². The molecular weight excluding hydrogens is 316 g/mol. The molecule has 2 aromatic rings. The molecule has 6 heteroatoms. The van der Waals surface area contributed by atoms with Crippen LogP contribution in [0, 0.1) is 0 Å². The molecule has 0 aliphatic carbocycles.